The summed E-state index contributed by atoms with van der Waals surface area (Å²) >= 11 is 6.11. The summed E-state index contributed by atoms with van der Waals surface area (Å²) in [6.07, 6.45) is 3.23. The van der Waals surface area contributed by atoms with E-state index in [0.29, 0.717) is 37.0 Å². The molecule has 0 aliphatic carbocycles. The van der Waals surface area contributed by atoms with E-state index in [4.69, 9.17) is 17.3 Å². The number of carbonyl (C=O) groups excluding carboxylic acids is 1. The monoisotopic (exact) mass is 402 g/mol. The number of halogens is 1. The van der Waals surface area contributed by atoms with Crippen LogP contribution in [-0.2, 0) is 13.0 Å². The molecule has 2 amide bonds. The fourth-order valence-corrected chi connectivity index (χ4v) is 3.46. The average Bonchev–Trinajstić information content (AvgIpc) is 2.66. The predicted octanol–water partition coefficient (Wildman–Crippen LogP) is 3.11. The van der Waals surface area contributed by atoms with Crippen LogP contribution in [0.3, 0.4) is 0 Å². The van der Waals surface area contributed by atoms with Gasteiger partial charge < -0.3 is 21.3 Å². The first-order chi connectivity index (χ1) is 13.5. The topological polar surface area (TPSA) is 96.2 Å². The fraction of sp³-hybridized carbons (Fsp3) is 0.450. The summed E-state index contributed by atoms with van der Waals surface area (Å²) in [5, 5.41) is 6.95. The quantitative estimate of drug-likeness (QED) is 0.689. The third kappa shape index (κ3) is 5.11. The number of nitrogens with zero attached hydrogens (tertiary/aromatic N) is 3. The van der Waals surface area contributed by atoms with Crippen molar-refractivity contribution in [3.8, 4) is 0 Å². The molecule has 1 atom stereocenters. The van der Waals surface area contributed by atoms with Gasteiger partial charge in [0.1, 0.15) is 0 Å². The summed E-state index contributed by atoms with van der Waals surface area (Å²) in [6, 6.07) is 7.46. The van der Waals surface area contributed by atoms with E-state index in [1.54, 1.807) is 4.90 Å². The molecule has 150 valence electrons. The zero-order valence-electron chi connectivity index (χ0n) is 16.3. The molecule has 3 rings (SSSR count). The van der Waals surface area contributed by atoms with Crippen molar-refractivity contribution in [2.45, 2.75) is 45.3 Å². The Kier molecular flexibility index (Phi) is 6.70. The number of hydrogen-bond donors (Lipinski definition) is 3. The Morgan fingerprint density at radius 1 is 1.39 bits per heavy atom. The first-order valence-electron chi connectivity index (χ1n) is 9.58. The van der Waals surface area contributed by atoms with Crippen LogP contribution in [0.25, 0.3) is 0 Å². The molecule has 0 fully saturated rings. The van der Waals surface area contributed by atoms with Crippen molar-refractivity contribution in [2.75, 3.05) is 18.4 Å². The molecule has 1 aromatic carbocycles. The molecule has 4 N–H and O–H groups in total. The largest absolute Gasteiger partial charge is 0.352 e. The normalized spacial score (nSPS) is 14.5. The summed E-state index contributed by atoms with van der Waals surface area (Å²) in [5.41, 5.74) is 8.69. The smallest absolute Gasteiger partial charge is 0.318 e. The molecule has 7 nitrogen and oxygen atoms in total. The Morgan fingerprint density at radius 2 is 2.21 bits per heavy atom. The van der Waals surface area contributed by atoms with Crippen LogP contribution in [0.2, 0.25) is 5.02 Å². The zero-order chi connectivity index (χ0) is 20.1. The van der Waals surface area contributed by atoms with Crippen molar-refractivity contribution in [3.63, 3.8) is 0 Å². The van der Waals surface area contributed by atoms with E-state index < -0.39 is 0 Å². The van der Waals surface area contributed by atoms with Crippen molar-refractivity contribution in [2.24, 2.45) is 5.73 Å². The van der Waals surface area contributed by atoms with Gasteiger partial charge in [0.15, 0.2) is 0 Å². The van der Waals surface area contributed by atoms with Crippen molar-refractivity contribution in [1.29, 1.82) is 0 Å². The Hall–Kier alpha value is -2.38. The highest BCUT2D eigenvalue weighted by Crippen LogP contribution is 2.22. The summed E-state index contributed by atoms with van der Waals surface area (Å²) < 4.78 is 0. The molecule has 1 aromatic heterocycles. The number of fused-ring (bicyclic) bond motifs is 1. The second-order valence-electron chi connectivity index (χ2n) is 7.27. The molecule has 0 bridgehead atoms. The van der Waals surface area contributed by atoms with Crippen LogP contribution in [0.4, 0.5) is 10.7 Å². The summed E-state index contributed by atoms with van der Waals surface area (Å²) in [7, 11) is 0. The fourth-order valence-electron chi connectivity index (χ4n) is 3.26. The number of urea groups is 1. The SMILES string of the molecule is CC(C)Nc1ncc2c(n1)CN(C(=O)NC(CCN)c1cccc(Cl)c1)CC2. The zero-order valence-corrected chi connectivity index (χ0v) is 17.0. The van der Waals surface area contributed by atoms with Crippen LogP contribution < -0.4 is 16.4 Å². The first-order valence-corrected chi connectivity index (χ1v) is 9.96. The van der Waals surface area contributed by atoms with Crippen LogP contribution in [0.5, 0.6) is 0 Å². The van der Waals surface area contributed by atoms with Crippen molar-refractivity contribution in [3.05, 3.63) is 52.3 Å². The lowest BCUT2D eigenvalue weighted by atomic mass is 10.0. The number of hydrogen-bond acceptors (Lipinski definition) is 5. The highest BCUT2D eigenvalue weighted by molar-refractivity contribution is 6.30. The molecule has 1 unspecified atom stereocenters. The van der Waals surface area contributed by atoms with Gasteiger partial charge in [-0.05, 0) is 56.5 Å². The number of anilines is 1. The second kappa shape index (κ2) is 9.21. The number of nitrogens with one attached hydrogen (secondary N) is 2. The summed E-state index contributed by atoms with van der Waals surface area (Å²) in [6.45, 7) is 5.63. The van der Waals surface area contributed by atoms with E-state index in [9.17, 15) is 4.79 Å². The lowest BCUT2D eigenvalue weighted by Gasteiger charge is -2.30. The van der Waals surface area contributed by atoms with Gasteiger partial charge in [0.2, 0.25) is 5.95 Å². The maximum Gasteiger partial charge on any atom is 0.318 e. The number of amides is 2. The minimum atomic E-state index is -0.179. The van der Waals surface area contributed by atoms with Crippen LogP contribution in [-0.4, -0.2) is 40.0 Å². The molecule has 2 aromatic rings. The molecule has 0 radical (unpaired) electrons. The molecule has 0 saturated carbocycles. The summed E-state index contributed by atoms with van der Waals surface area (Å²) in [4.78, 5) is 23.6. The van der Waals surface area contributed by atoms with Gasteiger partial charge in [-0.2, -0.15) is 0 Å². The number of rotatable bonds is 6. The van der Waals surface area contributed by atoms with Crippen LogP contribution in [0.15, 0.2) is 30.5 Å². The maximum atomic E-state index is 12.9. The van der Waals surface area contributed by atoms with E-state index in [2.05, 4.69) is 20.6 Å². The molecule has 2 heterocycles. The number of nitrogens with two attached hydrogens (primary N) is 1. The van der Waals surface area contributed by atoms with Gasteiger partial charge in [-0.3, -0.25) is 0 Å². The average molecular weight is 403 g/mol. The van der Waals surface area contributed by atoms with Crippen LogP contribution in [0.1, 0.15) is 43.1 Å². The van der Waals surface area contributed by atoms with Crippen molar-refractivity contribution in [1.82, 2.24) is 20.2 Å². The van der Waals surface area contributed by atoms with Gasteiger partial charge in [-0.1, -0.05) is 23.7 Å². The molecular formula is C20H27ClN6O. The lowest BCUT2D eigenvalue weighted by Crippen LogP contribution is -2.44. The predicted molar refractivity (Wildman–Crippen MR) is 111 cm³/mol. The van der Waals surface area contributed by atoms with Gasteiger partial charge in [0.25, 0.3) is 0 Å². The van der Waals surface area contributed by atoms with Gasteiger partial charge in [0, 0.05) is 23.8 Å². The van der Waals surface area contributed by atoms with E-state index >= 15 is 0 Å². The molecular weight excluding hydrogens is 376 g/mol. The lowest BCUT2D eigenvalue weighted by molar-refractivity contribution is 0.186. The number of carbonyl (C=O) groups is 1. The Morgan fingerprint density at radius 3 is 2.93 bits per heavy atom. The molecule has 1 aliphatic rings. The van der Waals surface area contributed by atoms with E-state index in [1.165, 1.54) is 0 Å². The Bertz CT molecular complexity index is 828. The Labute approximate surface area is 170 Å². The van der Waals surface area contributed by atoms with Gasteiger partial charge in [-0.15, -0.1) is 0 Å². The highest BCUT2D eigenvalue weighted by Gasteiger charge is 2.24. The first kappa shape index (κ1) is 20.4. The summed E-state index contributed by atoms with van der Waals surface area (Å²) in [5.74, 6) is 0.593. The van der Waals surface area contributed by atoms with E-state index in [0.717, 1.165) is 23.2 Å². The molecule has 28 heavy (non-hydrogen) atoms. The van der Waals surface area contributed by atoms with Gasteiger partial charge in [0.05, 0.1) is 18.3 Å². The standard InChI is InChI=1S/C20H27ClN6O/c1-13(2)24-19-23-11-15-7-9-27(12-18(15)25-19)20(28)26-17(6-8-22)14-4-3-5-16(21)10-14/h3-5,10-11,13,17H,6-9,12,22H2,1-2H3,(H,26,28)(H,23,24,25). The van der Waals surface area contributed by atoms with Crippen LogP contribution >= 0.6 is 11.6 Å². The van der Waals surface area contributed by atoms with Gasteiger partial charge >= 0.3 is 6.03 Å². The van der Waals surface area contributed by atoms with Crippen molar-refractivity contribution < 1.29 is 4.79 Å². The van der Waals surface area contributed by atoms with E-state index in [1.807, 2.05) is 44.3 Å². The Balaban J connectivity index is 1.70. The van der Waals surface area contributed by atoms with Crippen LogP contribution in [0, 0.1) is 0 Å². The third-order valence-corrected chi connectivity index (χ3v) is 4.89. The van der Waals surface area contributed by atoms with Crippen molar-refractivity contribution >= 4 is 23.6 Å². The highest BCUT2D eigenvalue weighted by atomic mass is 35.5. The molecule has 1 aliphatic heterocycles. The minimum Gasteiger partial charge on any atom is -0.352 e. The minimum absolute atomic E-state index is 0.124. The van der Waals surface area contributed by atoms with Gasteiger partial charge in [-0.25, -0.2) is 14.8 Å². The third-order valence-electron chi connectivity index (χ3n) is 4.65. The molecule has 0 spiro atoms. The second-order valence-corrected chi connectivity index (χ2v) is 7.71. The maximum absolute atomic E-state index is 12.9. The van der Waals surface area contributed by atoms with E-state index in [-0.39, 0.29) is 18.1 Å². The molecule has 8 heteroatoms. The molecule has 0 saturated heterocycles. The number of aromatic nitrogens is 2. The number of benzene rings is 1.